The second kappa shape index (κ2) is 4.73. The van der Waals surface area contributed by atoms with E-state index in [1.165, 1.54) is 19.3 Å². The van der Waals surface area contributed by atoms with Crippen molar-refractivity contribution in [2.75, 3.05) is 19.6 Å². The first kappa shape index (κ1) is 9.01. The van der Waals surface area contributed by atoms with Gasteiger partial charge in [-0.05, 0) is 32.4 Å². The van der Waals surface area contributed by atoms with Crippen LogP contribution in [0.15, 0.2) is 0 Å². The molecule has 0 aromatic carbocycles. The summed E-state index contributed by atoms with van der Waals surface area (Å²) in [6, 6.07) is 0. The molecule has 2 heteroatoms. The highest BCUT2D eigenvalue weighted by Crippen LogP contribution is 2.11. The summed E-state index contributed by atoms with van der Waals surface area (Å²) in [5.41, 5.74) is 0. The summed E-state index contributed by atoms with van der Waals surface area (Å²) >= 11 is 0. The van der Waals surface area contributed by atoms with Gasteiger partial charge in [0, 0.05) is 6.54 Å². The molecule has 1 unspecified atom stereocenters. The molecule has 65 valence electrons. The molecule has 1 heterocycles. The van der Waals surface area contributed by atoms with Crippen molar-refractivity contribution >= 4 is 0 Å². The lowest BCUT2D eigenvalue weighted by molar-refractivity contribution is 0.148. The minimum absolute atomic E-state index is 0.541. The lowest BCUT2D eigenvalue weighted by Gasteiger charge is -2.31. The summed E-state index contributed by atoms with van der Waals surface area (Å²) in [7, 11) is 0. The van der Waals surface area contributed by atoms with Gasteiger partial charge in [0.2, 0.25) is 0 Å². The first-order valence-electron chi connectivity index (χ1n) is 4.79. The summed E-state index contributed by atoms with van der Waals surface area (Å²) < 4.78 is 0. The van der Waals surface area contributed by atoms with Crippen molar-refractivity contribution in [1.29, 1.82) is 0 Å². The Morgan fingerprint density at radius 3 is 2.45 bits per heavy atom. The van der Waals surface area contributed by atoms with Crippen molar-refractivity contribution in [3.8, 4) is 0 Å². The van der Waals surface area contributed by atoms with Crippen LogP contribution >= 0.6 is 0 Å². The van der Waals surface area contributed by atoms with Crippen LogP contribution in [0.2, 0.25) is 0 Å². The van der Waals surface area contributed by atoms with Crippen molar-refractivity contribution in [3.63, 3.8) is 0 Å². The second-order valence-electron chi connectivity index (χ2n) is 3.10. The minimum atomic E-state index is 0.541. The molecule has 11 heavy (non-hydrogen) atoms. The molecule has 1 radical (unpaired) electrons. The van der Waals surface area contributed by atoms with Gasteiger partial charge in [0.1, 0.15) is 0 Å². The summed E-state index contributed by atoms with van der Waals surface area (Å²) in [4.78, 5) is 2.44. The van der Waals surface area contributed by atoms with Crippen LogP contribution in [0.5, 0.6) is 0 Å². The molecular weight excluding hydrogens is 136 g/mol. The van der Waals surface area contributed by atoms with Crippen LogP contribution < -0.4 is 5.32 Å². The third kappa shape index (κ3) is 2.46. The third-order valence-corrected chi connectivity index (χ3v) is 2.44. The average molecular weight is 155 g/mol. The van der Waals surface area contributed by atoms with Gasteiger partial charge in [-0.15, -0.1) is 0 Å². The maximum atomic E-state index is 4.60. The topological polar surface area (TPSA) is 17.3 Å². The Bertz CT molecular complexity index is 93.7. The molecule has 1 aliphatic heterocycles. The van der Waals surface area contributed by atoms with Crippen LogP contribution in [-0.2, 0) is 0 Å². The van der Waals surface area contributed by atoms with Crippen molar-refractivity contribution in [3.05, 3.63) is 0 Å². The fraction of sp³-hybridized carbons (Fsp3) is 1.00. The van der Waals surface area contributed by atoms with Crippen LogP contribution in [-0.4, -0.2) is 30.7 Å². The predicted molar refractivity (Wildman–Crippen MR) is 47.6 cm³/mol. The summed E-state index contributed by atoms with van der Waals surface area (Å²) in [5.74, 6) is 0. The van der Waals surface area contributed by atoms with E-state index in [9.17, 15) is 0 Å². The highest BCUT2D eigenvalue weighted by Gasteiger charge is 2.18. The van der Waals surface area contributed by atoms with E-state index >= 15 is 0 Å². The largest absolute Gasteiger partial charge is 0.287 e. The fourth-order valence-corrected chi connectivity index (χ4v) is 1.71. The predicted octanol–water partition coefficient (Wildman–Crippen LogP) is 1.44. The van der Waals surface area contributed by atoms with Gasteiger partial charge in [-0.3, -0.25) is 4.90 Å². The molecule has 1 atom stereocenters. The monoisotopic (exact) mass is 155 g/mol. The standard InChI is InChI=1S/C9H19N2/c1-3-11(4-2)9-7-5-6-8-10-9/h9H,3-8H2,1-2H3. The molecule has 0 saturated carbocycles. The first-order valence-corrected chi connectivity index (χ1v) is 4.79. The first-order chi connectivity index (χ1) is 5.38. The molecule has 1 fully saturated rings. The highest BCUT2D eigenvalue weighted by atomic mass is 15.3. The summed E-state index contributed by atoms with van der Waals surface area (Å²) in [5, 5.41) is 4.60. The van der Waals surface area contributed by atoms with E-state index in [4.69, 9.17) is 0 Å². The van der Waals surface area contributed by atoms with Crippen molar-refractivity contribution < 1.29 is 0 Å². The molecule has 0 aliphatic carbocycles. The van der Waals surface area contributed by atoms with Crippen LogP contribution in [0.4, 0.5) is 0 Å². The van der Waals surface area contributed by atoms with Crippen LogP contribution in [0, 0.1) is 0 Å². The minimum Gasteiger partial charge on any atom is -0.287 e. The number of hydrogen-bond acceptors (Lipinski definition) is 1. The molecule has 1 rings (SSSR count). The Kier molecular flexibility index (Phi) is 3.87. The Morgan fingerprint density at radius 2 is 2.00 bits per heavy atom. The smallest absolute Gasteiger partial charge is 0.0760 e. The third-order valence-electron chi connectivity index (χ3n) is 2.44. The van der Waals surface area contributed by atoms with Crippen molar-refractivity contribution in [1.82, 2.24) is 10.2 Å². The molecule has 2 nitrogen and oxygen atoms in total. The molecule has 0 spiro atoms. The fourth-order valence-electron chi connectivity index (χ4n) is 1.71. The quantitative estimate of drug-likeness (QED) is 0.603. The molecule has 0 amide bonds. The highest BCUT2D eigenvalue weighted by molar-refractivity contribution is 4.71. The molecule has 0 N–H and O–H groups in total. The van der Waals surface area contributed by atoms with Gasteiger partial charge >= 0.3 is 0 Å². The SMILES string of the molecule is CCN(CC)C1CCCC[N]1. The molecule has 0 aromatic heterocycles. The molecule has 0 aromatic rings. The van der Waals surface area contributed by atoms with Crippen molar-refractivity contribution in [2.24, 2.45) is 0 Å². The van der Waals surface area contributed by atoms with Gasteiger partial charge in [-0.25, -0.2) is 5.32 Å². The van der Waals surface area contributed by atoms with Gasteiger partial charge in [0.05, 0.1) is 6.17 Å². The number of nitrogens with zero attached hydrogens (tertiary/aromatic N) is 2. The zero-order valence-electron chi connectivity index (χ0n) is 7.71. The average Bonchev–Trinajstić information content (AvgIpc) is 2.09. The van der Waals surface area contributed by atoms with E-state index in [1.807, 2.05) is 0 Å². The Hall–Kier alpha value is -0.0800. The van der Waals surface area contributed by atoms with Gasteiger partial charge in [-0.1, -0.05) is 13.8 Å². The molecule has 1 saturated heterocycles. The Morgan fingerprint density at radius 1 is 1.27 bits per heavy atom. The maximum Gasteiger partial charge on any atom is 0.0760 e. The Labute approximate surface area is 70.0 Å². The van der Waals surface area contributed by atoms with Gasteiger partial charge < -0.3 is 0 Å². The maximum absolute atomic E-state index is 4.60. The molecule has 1 aliphatic rings. The zero-order chi connectivity index (χ0) is 8.10. The van der Waals surface area contributed by atoms with E-state index in [2.05, 4.69) is 24.1 Å². The van der Waals surface area contributed by atoms with Gasteiger partial charge in [0.15, 0.2) is 0 Å². The van der Waals surface area contributed by atoms with E-state index in [0.29, 0.717) is 6.17 Å². The normalized spacial score (nSPS) is 25.9. The van der Waals surface area contributed by atoms with Crippen LogP contribution in [0.25, 0.3) is 0 Å². The van der Waals surface area contributed by atoms with E-state index in [1.54, 1.807) is 0 Å². The van der Waals surface area contributed by atoms with E-state index in [-0.39, 0.29) is 0 Å². The molecular formula is C9H19N2. The second-order valence-corrected chi connectivity index (χ2v) is 3.10. The van der Waals surface area contributed by atoms with E-state index in [0.717, 1.165) is 19.6 Å². The summed E-state index contributed by atoms with van der Waals surface area (Å²) in [6.45, 7) is 7.80. The number of hydrogen-bond donors (Lipinski definition) is 0. The zero-order valence-corrected chi connectivity index (χ0v) is 7.71. The van der Waals surface area contributed by atoms with Gasteiger partial charge in [-0.2, -0.15) is 0 Å². The van der Waals surface area contributed by atoms with Crippen molar-refractivity contribution in [2.45, 2.75) is 39.3 Å². The van der Waals surface area contributed by atoms with Crippen LogP contribution in [0.1, 0.15) is 33.1 Å². The Balaban J connectivity index is 2.30. The van der Waals surface area contributed by atoms with E-state index < -0.39 is 0 Å². The lowest BCUT2D eigenvalue weighted by atomic mass is 10.1. The van der Waals surface area contributed by atoms with Crippen LogP contribution in [0.3, 0.4) is 0 Å². The number of piperidine rings is 1. The lowest BCUT2D eigenvalue weighted by Crippen LogP contribution is -2.44. The number of rotatable bonds is 3. The van der Waals surface area contributed by atoms with Gasteiger partial charge in [0.25, 0.3) is 0 Å². The summed E-state index contributed by atoms with van der Waals surface area (Å²) in [6.07, 6.45) is 4.49. The molecule has 0 bridgehead atoms.